The molecule has 0 spiro atoms. The molecule has 0 saturated heterocycles. The molecule has 1 atom stereocenters. The fourth-order valence-corrected chi connectivity index (χ4v) is 1.22. The van der Waals surface area contributed by atoms with Crippen LogP contribution < -0.4 is 10.6 Å². The topological polar surface area (TPSA) is 61.4 Å². The highest BCUT2D eigenvalue weighted by Crippen LogP contribution is 2.27. The molecule has 82 valence electrons. The van der Waals surface area contributed by atoms with E-state index in [2.05, 4.69) is 10.6 Å². The van der Waals surface area contributed by atoms with Crippen LogP contribution in [-0.4, -0.2) is 36.8 Å². The van der Waals surface area contributed by atoms with Gasteiger partial charge in [0.05, 0.1) is 13.2 Å². The van der Waals surface area contributed by atoms with Crippen LogP contribution in [-0.2, 0) is 4.79 Å². The standard InChI is InChI=1S/C10H20N2O2/c1-2-9(7-13)11-6-10(14)12-5-8-3-4-8/h8-9,11,13H,2-7H2,1H3,(H,12,14). The lowest BCUT2D eigenvalue weighted by Crippen LogP contribution is -2.41. The molecule has 4 nitrogen and oxygen atoms in total. The first-order chi connectivity index (χ1) is 6.76. The zero-order valence-corrected chi connectivity index (χ0v) is 8.75. The predicted molar refractivity (Wildman–Crippen MR) is 54.9 cm³/mol. The number of carbonyl (C=O) groups is 1. The van der Waals surface area contributed by atoms with Crippen LogP contribution in [0.5, 0.6) is 0 Å². The molecular weight excluding hydrogens is 180 g/mol. The number of amides is 1. The summed E-state index contributed by atoms with van der Waals surface area (Å²) in [6.07, 6.45) is 3.34. The van der Waals surface area contributed by atoms with E-state index >= 15 is 0 Å². The second-order valence-electron chi connectivity index (χ2n) is 3.92. The fourth-order valence-electron chi connectivity index (χ4n) is 1.22. The van der Waals surface area contributed by atoms with Crippen molar-refractivity contribution in [2.75, 3.05) is 19.7 Å². The molecule has 1 amide bonds. The minimum atomic E-state index is 0.0313. The Balaban J connectivity index is 2.00. The molecule has 0 aromatic heterocycles. The van der Waals surface area contributed by atoms with E-state index < -0.39 is 0 Å². The van der Waals surface area contributed by atoms with Crippen LogP contribution in [0.1, 0.15) is 26.2 Å². The molecule has 1 unspecified atom stereocenters. The highest BCUT2D eigenvalue weighted by atomic mass is 16.3. The van der Waals surface area contributed by atoms with Crippen molar-refractivity contribution in [1.82, 2.24) is 10.6 Å². The smallest absolute Gasteiger partial charge is 0.233 e. The van der Waals surface area contributed by atoms with Crippen molar-refractivity contribution in [3.63, 3.8) is 0 Å². The lowest BCUT2D eigenvalue weighted by Gasteiger charge is -2.13. The van der Waals surface area contributed by atoms with Gasteiger partial charge in [-0.15, -0.1) is 0 Å². The first-order valence-electron chi connectivity index (χ1n) is 5.37. The van der Waals surface area contributed by atoms with Gasteiger partial charge in [-0.05, 0) is 25.2 Å². The molecule has 14 heavy (non-hydrogen) atoms. The first-order valence-corrected chi connectivity index (χ1v) is 5.37. The number of aliphatic hydroxyl groups is 1. The van der Waals surface area contributed by atoms with Crippen molar-refractivity contribution < 1.29 is 9.90 Å². The molecule has 1 saturated carbocycles. The molecule has 4 heteroatoms. The predicted octanol–water partition coefficient (Wildman–Crippen LogP) is -0.127. The van der Waals surface area contributed by atoms with Gasteiger partial charge >= 0.3 is 0 Å². The molecule has 3 N–H and O–H groups in total. The maximum absolute atomic E-state index is 11.3. The highest BCUT2D eigenvalue weighted by Gasteiger charge is 2.21. The molecule has 0 aromatic rings. The Hall–Kier alpha value is -0.610. The van der Waals surface area contributed by atoms with Crippen LogP contribution in [0.2, 0.25) is 0 Å². The Labute approximate surface area is 85.1 Å². The lowest BCUT2D eigenvalue weighted by atomic mass is 10.2. The highest BCUT2D eigenvalue weighted by molar-refractivity contribution is 5.78. The molecule has 1 rings (SSSR count). The third kappa shape index (κ3) is 4.58. The molecule has 0 aliphatic heterocycles. The van der Waals surface area contributed by atoms with Gasteiger partial charge in [0.1, 0.15) is 0 Å². The normalized spacial score (nSPS) is 17.9. The summed E-state index contributed by atoms with van der Waals surface area (Å²) in [5, 5.41) is 14.7. The van der Waals surface area contributed by atoms with Gasteiger partial charge < -0.3 is 15.7 Å². The first kappa shape index (κ1) is 11.5. The number of hydrogen-bond donors (Lipinski definition) is 3. The van der Waals surface area contributed by atoms with Gasteiger partial charge in [-0.1, -0.05) is 6.92 Å². The summed E-state index contributed by atoms with van der Waals surface area (Å²) in [7, 11) is 0. The van der Waals surface area contributed by atoms with Crippen molar-refractivity contribution in [3.05, 3.63) is 0 Å². The summed E-state index contributed by atoms with van der Waals surface area (Å²) in [6.45, 7) is 3.20. The van der Waals surface area contributed by atoms with E-state index in [1.807, 2.05) is 6.92 Å². The minimum Gasteiger partial charge on any atom is -0.395 e. The Morgan fingerprint density at radius 1 is 1.57 bits per heavy atom. The van der Waals surface area contributed by atoms with Crippen molar-refractivity contribution in [1.29, 1.82) is 0 Å². The summed E-state index contributed by atoms with van der Waals surface area (Å²) < 4.78 is 0. The molecular formula is C10H20N2O2. The van der Waals surface area contributed by atoms with Crippen LogP contribution in [0.3, 0.4) is 0 Å². The van der Waals surface area contributed by atoms with E-state index in [0.717, 1.165) is 18.9 Å². The maximum atomic E-state index is 11.3. The third-order valence-electron chi connectivity index (χ3n) is 2.55. The lowest BCUT2D eigenvalue weighted by molar-refractivity contribution is -0.120. The van der Waals surface area contributed by atoms with Crippen molar-refractivity contribution >= 4 is 5.91 Å². The van der Waals surface area contributed by atoms with Gasteiger partial charge in [-0.2, -0.15) is 0 Å². The van der Waals surface area contributed by atoms with E-state index in [4.69, 9.17) is 5.11 Å². The number of carbonyl (C=O) groups excluding carboxylic acids is 1. The van der Waals surface area contributed by atoms with E-state index in [9.17, 15) is 4.79 Å². The Kier molecular flexibility index (Phi) is 4.90. The van der Waals surface area contributed by atoms with E-state index in [0.29, 0.717) is 6.54 Å². The molecule has 1 aliphatic rings. The quantitative estimate of drug-likeness (QED) is 0.536. The van der Waals surface area contributed by atoms with E-state index in [1.54, 1.807) is 0 Å². The van der Waals surface area contributed by atoms with Gasteiger partial charge in [0.25, 0.3) is 0 Å². The Morgan fingerprint density at radius 3 is 2.79 bits per heavy atom. The SMILES string of the molecule is CCC(CO)NCC(=O)NCC1CC1. The minimum absolute atomic E-state index is 0.0313. The Morgan fingerprint density at radius 2 is 2.29 bits per heavy atom. The largest absolute Gasteiger partial charge is 0.395 e. The maximum Gasteiger partial charge on any atom is 0.233 e. The molecule has 0 aromatic carbocycles. The zero-order valence-electron chi connectivity index (χ0n) is 8.75. The van der Waals surface area contributed by atoms with Crippen molar-refractivity contribution in [2.24, 2.45) is 5.92 Å². The average Bonchev–Trinajstić information content (AvgIpc) is 3.00. The summed E-state index contributed by atoms with van der Waals surface area (Å²) >= 11 is 0. The van der Waals surface area contributed by atoms with Crippen LogP contribution >= 0.6 is 0 Å². The summed E-state index contributed by atoms with van der Waals surface area (Å²) in [6, 6.07) is 0.0432. The summed E-state index contributed by atoms with van der Waals surface area (Å²) in [5.74, 6) is 0.752. The fraction of sp³-hybridized carbons (Fsp3) is 0.900. The van der Waals surface area contributed by atoms with E-state index in [1.165, 1.54) is 12.8 Å². The van der Waals surface area contributed by atoms with E-state index in [-0.39, 0.29) is 18.6 Å². The number of rotatable bonds is 7. The van der Waals surface area contributed by atoms with Crippen LogP contribution in [0, 0.1) is 5.92 Å². The van der Waals surface area contributed by atoms with Crippen LogP contribution in [0.25, 0.3) is 0 Å². The van der Waals surface area contributed by atoms with Crippen molar-refractivity contribution in [3.8, 4) is 0 Å². The molecule has 0 radical (unpaired) electrons. The Bertz CT molecular complexity index is 177. The van der Waals surface area contributed by atoms with Gasteiger partial charge in [0, 0.05) is 12.6 Å². The monoisotopic (exact) mass is 200 g/mol. The van der Waals surface area contributed by atoms with Crippen molar-refractivity contribution in [2.45, 2.75) is 32.2 Å². The van der Waals surface area contributed by atoms with Crippen LogP contribution in [0.4, 0.5) is 0 Å². The van der Waals surface area contributed by atoms with Gasteiger partial charge in [-0.25, -0.2) is 0 Å². The van der Waals surface area contributed by atoms with Gasteiger partial charge in [0.15, 0.2) is 0 Å². The van der Waals surface area contributed by atoms with Crippen LogP contribution in [0.15, 0.2) is 0 Å². The average molecular weight is 200 g/mol. The summed E-state index contributed by atoms with van der Waals surface area (Å²) in [4.78, 5) is 11.3. The number of aliphatic hydroxyl groups excluding tert-OH is 1. The molecule has 1 fully saturated rings. The summed E-state index contributed by atoms with van der Waals surface area (Å²) in [5.41, 5.74) is 0. The molecule has 1 aliphatic carbocycles. The molecule has 0 heterocycles. The van der Waals surface area contributed by atoms with Gasteiger partial charge in [0.2, 0.25) is 5.91 Å². The zero-order chi connectivity index (χ0) is 10.4. The number of hydrogen-bond acceptors (Lipinski definition) is 3. The number of nitrogens with one attached hydrogen (secondary N) is 2. The second-order valence-corrected chi connectivity index (χ2v) is 3.92. The molecule has 0 bridgehead atoms. The van der Waals surface area contributed by atoms with Gasteiger partial charge in [-0.3, -0.25) is 4.79 Å². The third-order valence-corrected chi connectivity index (χ3v) is 2.55. The second kappa shape index (κ2) is 5.98.